The lowest BCUT2D eigenvalue weighted by molar-refractivity contribution is -0.384. The summed E-state index contributed by atoms with van der Waals surface area (Å²) in [4.78, 5) is 10.1. The molecule has 0 atom stereocenters. The predicted molar refractivity (Wildman–Crippen MR) is 93.0 cm³/mol. The second-order valence-corrected chi connectivity index (χ2v) is 4.76. The van der Waals surface area contributed by atoms with Gasteiger partial charge in [-0.2, -0.15) is 10.4 Å². The molecular formula is C17H16N4O4. The zero-order valence-electron chi connectivity index (χ0n) is 13.5. The topological polar surface area (TPSA) is 110 Å². The van der Waals surface area contributed by atoms with E-state index < -0.39 is 4.92 Å². The molecule has 0 fully saturated rings. The van der Waals surface area contributed by atoms with Gasteiger partial charge in [0.2, 0.25) is 0 Å². The first kappa shape index (κ1) is 17.7. The molecule has 0 aliphatic rings. The number of nitrogens with one attached hydrogen (secondary N) is 1. The molecule has 0 unspecified atom stereocenters. The maximum Gasteiger partial charge on any atom is 0.269 e. The van der Waals surface area contributed by atoms with E-state index in [4.69, 9.17) is 14.7 Å². The predicted octanol–water partition coefficient (Wildman–Crippen LogP) is 3.34. The van der Waals surface area contributed by atoms with E-state index in [0.29, 0.717) is 23.8 Å². The third-order valence-electron chi connectivity index (χ3n) is 3.05. The maximum atomic E-state index is 10.6. The number of nitrogens with zero attached hydrogens (tertiary/aromatic N) is 3. The van der Waals surface area contributed by atoms with E-state index in [1.165, 1.54) is 12.1 Å². The number of hydrazone groups is 1. The highest BCUT2D eigenvalue weighted by Gasteiger charge is 2.06. The lowest BCUT2D eigenvalue weighted by Gasteiger charge is -2.10. The molecule has 0 aromatic heterocycles. The Balaban J connectivity index is 2.05. The second-order valence-electron chi connectivity index (χ2n) is 4.76. The molecule has 2 rings (SSSR count). The quantitative estimate of drug-likeness (QED) is 0.448. The third-order valence-corrected chi connectivity index (χ3v) is 3.05. The van der Waals surface area contributed by atoms with Crippen molar-refractivity contribution in [2.45, 2.75) is 6.92 Å². The van der Waals surface area contributed by atoms with Crippen molar-refractivity contribution in [2.24, 2.45) is 5.10 Å². The summed E-state index contributed by atoms with van der Waals surface area (Å²) in [6, 6.07) is 13.1. The van der Waals surface area contributed by atoms with Crippen LogP contribution in [0.1, 0.15) is 12.5 Å². The zero-order chi connectivity index (χ0) is 18.1. The molecular weight excluding hydrogens is 324 g/mol. The fourth-order valence-corrected chi connectivity index (χ4v) is 1.94. The van der Waals surface area contributed by atoms with Crippen LogP contribution in [-0.4, -0.2) is 24.4 Å². The van der Waals surface area contributed by atoms with Gasteiger partial charge in [-0.05, 0) is 42.8 Å². The van der Waals surface area contributed by atoms with Crippen molar-refractivity contribution in [3.05, 3.63) is 58.1 Å². The molecule has 0 spiro atoms. The van der Waals surface area contributed by atoms with Crippen molar-refractivity contribution in [2.75, 3.05) is 18.6 Å². The van der Waals surface area contributed by atoms with E-state index >= 15 is 0 Å². The summed E-state index contributed by atoms with van der Waals surface area (Å²) >= 11 is 0. The largest absolute Gasteiger partial charge is 0.490 e. The van der Waals surface area contributed by atoms with Gasteiger partial charge in [-0.3, -0.25) is 15.5 Å². The Hall–Kier alpha value is -3.60. The van der Waals surface area contributed by atoms with Gasteiger partial charge in [0.05, 0.1) is 23.4 Å². The molecule has 0 aliphatic carbocycles. The summed E-state index contributed by atoms with van der Waals surface area (Å²) in [5.41, 5.74) is 4.20. The third kappa shape index (κ3) is 5.21. The minimum Gasteiger partial charge on any atom is -0.490 e. The minimum absolute atomic E-state index is 0.0174. The number of hydrogen-bond donors (Lipinski definition) is 1. The first-order chi connectivity index (χ1) is 12.1. The number of non-ortho nitro benzene ring substituents is 1. The average Bonchev–Trinajstić information content (AvgIpc) is 2.62. The SMILES string of the molecule is CCOc1cc(/C=N/Nc2ccc([N+](=O)[O-])cc2)ccc1OCC#N. The molecule has 0 saturated heterocycles. The monoisotopic (exact) mass is 340 g/mol. The van der Waals surface area contributed by atoms with Gasteiger partial charge in [0.1, 0.15) is 6.07 Å². The van der Waals surface area contributed by atoms with Crippen LogP contribution in [0.3, 0.4) is 0 Å². The van der Waals surface area contributed by atoms with E-state index in [1.807, 2.05) is 13.0 Å². The van der Waals surface area contributed by atoms with Crippen molar-refractivity contribution in [1.82, 2.24) is 0 Å². The van der Waals surface area contributed by atoms with Crippen LogP contribution in [0.5, 0.6) is 11.5 Å². The van der Waals surface area contributed by atoms with Crippen LogP contribution in [-0.2, 0) is 0 Å². The Kier molecular flexibility index (Phi) is 6.31. The number of nitro groups is 1. The molecule has 1 N–H and O–H groups in total. The number of nitriles is 1. The van der Waals surface area contributed by atoms with Gasteiger partial charge in [0.15, 0.2) is 18.1 Å². The molecule has 0 amide bonds. The fourth-order valence-electron chi connectivity index (χ4n) is 1.94. The lowest BCUT2D eigenvalue weighted by Crippen LogP contribution is -2.00. The van der Waals surface area contributed by atoms with Gasteiger partial charge in [-0.1, -0.05) is 0 Å². The molecule has 2 aromatic rings. The van der Waals surface area contributed by atoms with E-state index in [9.17, 15) is 10.1 Å². The van der Waals surface area contributed by atoms with Crippen LogP contribution in [0.25, 0.3) is 0 Å². The Morgan fingerprint density at radius 3 is 2.64 bits per heavy atom. The second kappa shape index (κ2) is 8.88. The van der Waals surface area contributed by atoms with Crippen molar-refractivity contribution >= 4 is 17.6 Å². The van der Waals surface area contributed by atoms with Gasteiger partial charge in [0, 0.05) is 12.1 Å². The van der Waals surface area contributed by atoms with Crippen LogP contribution < -0.4 is 14.9 Å². The van der Waals surface area contributed by atoms with Gasteiger partial charge in [-0.25, -0.2) is 0 Å². The first-order valence-corrected chi connectivity index (χ1v) is 7.44. The summed E-state index contributed by atoms with van der Waals surface area (Å²) in [7, 11) is 0. The van der Waals surface area contributed by atoms with E-state index in [-0.39, 0.29) is 12.3 Å². The molecule has 0 radical (unpaired) electrons. The highest BCUT2D eigenvalue weighted by Crippen LogP contribution is 2.28. The van der Waals surface area contributed by atoms with Crippen LogP contribution >= 0.6 is 0 Å². The number of anilines is 1. The van der Waals surface area contributed by atoms with E-state index in [0.717, 1.165) is 5.56 Å². The molecule has 0 bridgehead atoms. The number of hydrogen-bond acceptors (Lipinski definition) is 7. The van der Waals surface area contributed by atoms with Gasteiger partial charge >= 0.3 is 0 Å². The van der Waals surface area contributed by atoms with Crippen molar-refractivity contribution in [3.63, 3.8) is 0 Å². The molecule has 0 aliphatic heterocycles. The molecule has 25 heavy (non-hydrogen) atoms. The smallest absolute Gasteiger partial charge is 0.269 e. The molecule has 2 aromatic carbocycles. The molecule has 0 heterocycles. The Morgan fingerprint density at radius 2 is 2.00 bits per heavy atom. The van der Waals surface area contributed by atoms with E-state index in [1.54, 1.807) is 36.5 Å². The minimum atomic E-state index is -0.460. The Morgan fingerprint density at radius 1 is 1.24 bits per heavy atom. The highest BCUT2D eigenvalue weighted by atomic mass is 16.6. The molecule has 128 valence electrons. The summed E-state index contributed by atoms with van der Waals surface area (Å²) in [6.07, 6.45) is 1.58. The maximum absolute atomic E-state index is 10.6. The van der Waals surface area contributed by atoms with Crippen molar-refractivity contribution in [3.8, 4) is 17.6 Å². The van der Waals surface area contributed by atoms with Gasteiger partial charge < -0.3 is 9.47 Å². The zero-order valence-corrected chi connectivity index (χ0v) is 13.5. The first-order valence-electron chi connectivity index (χ1n) is 7.44. The Bertz CT molecular complexity index is 797. The van der Waals surface area contributed by atoms with Crippen LogP contribution in [0.2, 0.25) is 0 Å². The summed E-state index contributed by atoms with van der Waals surface area (Å²) in [5.74, 6) is 1.01. The van der Waals surface area contributed by atoms with Gasteiger partial charge in [0.25, 0.3) is 5.69 Å². The van der Waals surface area contributed by atoms with Crippen molar-refractivity contribution < 1.29 is 14.4 Å². The van der Waals surface area contributed by atoms with Gasteiger partial charge in [-0.15, -0.1) is 0 Å². The number of rotatable bonds is 8. The average molecular weight is 340 g/mol. The van der Waals surface area contributed by atoms with E-state index in [2.05, 4.69) is 10.5 Å². The van der Waals surface area contributed by atoms with Crippen LogP contribution in [0.15, 0.2) is 47.6 Å². The number of benzene rings is 2. The number of ether oxygens (including phenoxy) is 2. The normalized spacial score (nSPS) is 10.2. The molecule has 8 nitrogen and oxygen atoms in total. The molecule has 0 saturated carbocycles. The summed E-state index contributed by atoms with van der Waals surface area (Å²) < 4.78 is 10.8. The summed E-state index contributed by atoms with van der Waals surface area (Å²) in [5, 5.41) is 23.3. The summed E-state index contributed by atoms with van der Waals surface area (Å²) in [6.45, 7) is 2.25. The van der Waals surface area contributed by atoms with Crippen LogP contribution in [0.4, 0.5) is 11.4 Å². The van der Waals surface area contributed by atoms with Crippen LogP contribution in [0, 0.1) is 21.4 Å². The highest BCUT2D eigenvalue weighted by molar-refractivity contribution is 5.81. The fraction of sp³-hybridized carbons (Fsp3) is 0.176. The van der Waals surface area contributed by atoms with Crippen molar-refractivity contribution in [1.29, 1.82) is 5.26 Å². The standard InChI is InChI=1S/C17H16N4O4/c1-2-24-17-11-13(3-8-16(17)25-10-9-18)12-19-20-14-4-6-15(7-5-14)21(22)23/h3-8,11-12,20H,2,10H2,1H3/b19-12+. The molecule has 8 heteroatoms. The Labute approximate surface area is 144 Å². The lowest BCUT2D eigenvalue weighted by atomic mass is 10.2. The number of nitro benzene ring substituents is 1.